The predicted octanol–water partition coefficient (Wildman–Crippen LogP) is 3.91. The van der Waals surface area contributed by atoms with Crippen molar-refractivity contribution < 1.29 is 23.0 Å². The molecule has 0 spiro atoms. The van der Waals surface area contributed by atoms with Crippen LogP contribution < -0.4 is 9.64 Å². The summed E-state index contributed by atoms with van der Waals surface area (Å²) in [5, 5.41) is 0. The van der Waals surface area contributed by atoms with Crippen LogP contribution in [0, 0.1) is 24.5 Å². The minimum Gasteiger partial charge on any atom is -0.478 e. The maximum atomic E-state index is 14.8. The van der Waals surface area contributed by atoms with Gasteiger partial charge in [0.15, 0.2) is 5.82 Å². The molecule has 1 unspecified atom stereocenters. The van der Waals surface area contributed by atoms with E-state index in [9.17, 15) is 13.6 Å². The number of hydrogen-bond donors (Lipinski definition) is 0. The first-order valence-electron chi connectivity index (χ1n) is 9.73. The monoisotopic (exact) mass is 405 g/mol. The number of halogens is 2. The van der Waals surface area contributed by atoms with Gasteiger partial charge in [0, 0.05) is 37.3 Å². The number of esters is 1. The lowest BCUT2D eigenvalue weighted by Crippen LogP contribution is -2.22. The highest BCUT2D eigenvalue weighted by Gasteiger charge is 2.27. The zero-order chi connectivity index (χ0) is 21.0. The molecule has 2 aromatic rings. The van der Waals surface area contributed by atoms with Gasteiger partial charge in [0.2, 0.25) is 5.88 Å². The molecule has 1 fully saturated rings. The Bertz CT molecular complexity index is 868. The molecule has 2 heterocycles. The highest BCUT2D eigenvalue weighted by atomic mass is 19.1. The second-order valence-electron chi connectivity index (χ2n) is 7.12. The second kappa shape index (κ2) is 9.15. The van der Waals surface area contributed by atoms with Crippen LogP contribution in [0.25, 0.3) is 11.4 Å². The van der Waals surface area contributed by atoms with Crippen molar-refractivity contribution in [2.75, 3.05) is 31.2 Å². The number of benzene rings is 1. The number of nitrogens with zero attached hydrogens (tertiary/aromatic N) is 3. The fourth-order valence-electron chi connectivity index (χ4n) is 3.53. The number of carbonyl (C=O) groups excluding carboxylic acids is 1. The molecule has 156 valence electrons. The Morgan fingerprint density at radius 2 is 1.97 bits per heavy atom. The van der Waals surface area contributed by atoms with Gasteiger partial charge in [0.25, 0.3) is 0 Å². The van der Waals surface area contributed by atoms with Crippen LogP contribution in [0.5, 0.6) is 5.88 Å². The number of aromatic nitrogens is 2. The van der Waals surface area contributed by atoms with Crippen LogP contribution in [-0.4, -0.2) is 42.2 Å². The third-order valence-electron chi connectivity index (χ3n) is 4.83. The van der Waals surface area contributed by atoms with Crippen LogP contribution in [-0.2, 0) is 9.53 Å². The summed E-state index contributed by atoms with van der Waals surface area (Å²) in [6, 6.07) is 4.19. The standard InChI is InChI=1S/C21H25F2N3O3/c1-4-28-19-9-13(2)24-21(25-19)16-10-17(22)20(18(23)11-16)26-7-5-15(12-26)6-8-29-14(3)27/h9-11,15H,4-8,12H2,1-3H3. The Labute approximate surface area is 168 Å². The fraction of sp³-hybridized carbons (Fsp3) is 0.476. The van der Waals surface area contributed by atoms with Crippen molar-refractivity contribution in [3.8, 4) is 17.3 Å². The highest BCUT2D eigenvalue weighted by Crippen LogP contribution is 2.33. The molecule has 1 aromatic heterocycles. The average molecular weight is 405 g/mol. The topological polar surface area (TPSA) is 64.6 Å². The van der Waals surface area contributed by atoms with E-state index in [0.717, 1.165) is 6.42 Å². The molecule has 6 nitrogen and oxygen atoms in total. The van der Waals surface area contributed by atoms with Crippen molar-refractivity contribution in [1.29, 1.82) is 0 Å². The van der Waals surface area contributed by atoms with E-state index in [1.165, 1.54) is 19.1 Å². The summed E-state index contributed by atoms with van der Waals surface area (Å²) in [6.45, 7) is 6.80. The van der Waals surface area contributed by atoms with Crippen molar-refractivity contribution in [2.24, 2.45) is 5.92 Å². The summed E-state index contributed by atoms with van der Waals surface area (Å²) in [5.74, 6) is -0.805. The van der Waals surface area contributed by atoms with E-state index < -0.39 is 11.6 Å². The van der Waals surface area contributed by atoms with Crippen molar-refractivity contribution in [1.82, 2.24) is 9.97 Å². The van der Waals surface area contributed by atoms with E-state index in [1.807, 2.05) is 6.92 Å². The zero-order valence-corrected chi connectivity index (χ0v) is 16.9. The Balaban J connectivity index is 1.78. The molecule has 29 heavy (non-hydrogen) atoms. The number of rotatable bonds is 7. The lowest BCUT2D eigenvalue weighted by molar-refractivity contribution is -0.141. The van der Waals surface area contributed by atoms with Gasteiger partial charge in [-0.3, -0.25) is 4.79 Å². The molecular formula is C21H25F2N3O3. The van der Waals surface area contributed by atoms with Gasteiger partial charge in [-0.15, -0.1) is 0 Å². The SMILES string of the molecule is CCOc1cc(C)nc(-c2cc(F)c(N3CCC(CCOC(C)=O)C3)c(F)c2)n1. The summed E-state index contributed by atoms with van der Waals surface area (Å²) in [7, 11) is 0. The van der Waals surface area contributed by atoms with Crippen LogP contribution in [0.1, 0.15) is 32.4 Å². The predicted molar refractivity (Wildman–Crippen MR) is 105 cm³/mol. The molecule has 0 bridgehead atoms. The average Bonchev–Trinajstić information content (AvgIpc) is 3.09. The van der Waals surface area contributed by atoms with Gasteiger partial charge in [-0.05, 0) is 44.7 Å². The molecule has 8 heteroatoms. The molecule has 0 radical (unpaired) electrons. The molecular weight excluding hydrogens is 380 g/mol. The summed E-state index contributed by atoms with van der Waals surface area (Å²) in [4.78, 5) is 21.1. The lowest BCUT2D eigenvalue weighted by Gasteiger charge is -2.21. The second-order valence-corrected chi connectivity index (χ2v) is 7.12. The summed E-state index contributed by atoms with van der Waals surface area (Å²) in [5.41, 5.74) is 0.874. The van der Waals surface area contributed by atoms with Gasteiger partial charge >= 0.3 is 5.97 Å². The van der Waals surface area contributed by atoms with Gasteiger partial charge in [-0.1, -0.05) is 0 Å². The molecule has 1 aromatic carbocycles. The van der Waals surface area contributed by atoms with E-state index in [2.05, 4.69) is 9.97 Å². The molecule has 1 aliphatic rings. The summed E-state index contributed by atoms with van der Waals surface area (Å²) < 4.78 is 40.0. The normalized spacial score (nSPS) is 16.2. The van der Waals surface area contributed by atoms with Crippen LogP contribution in [0.15, 0.2) is 18.2 Å². The quantitative estimate of drug-likeness (QED) is 0.651. The van der Waals surface area contributed by atoms with E-state index >= 15 is 0 Å². The van der Waals surface area contributed by atoms with Crippen molar-refractivity contribution in [2.45, 2.75) is 33.6 Å². The minimum absolute atomic E-state index is 0.0404. The molecule has 0 amide bonds. The van der Waals surface area contributed by atoms with Gasteiger partial charge in [-0.25, -0.2) is 13.8 Å². The summed E-state index contributed by atoms with van der Waals surface area (Å²) in [6.07, 6.45) is 1.47. The number of hydrogen-bond acceptors (Lipinski definition) is 6. The van der Waals surface area contributed by atoms with Crippen LogP contribution in [0.4, 0.5) is 14.5 Å². The first-order valence-corrected chi connectivity index (χ1v) is 9.73. The molecule has 1 atom stereocenters. The third-order valence-corrected chi connectivity index (χ3v) is 4.83. The molecule has 0 N–H and O–H groups in total. The first kappa shape index (κ1) is 21.0. The number of anilines is 1. The number of carbonyl (C=O) groups is 1. The van der Waals surface area contributed by atoms with E-state index in [0.29, 0.717) is 44.3 Å². The Hall–Kier alpha value is -2.77. The van der Waals surface area contributed by atoms with Gasteiger partial charge in [0.05, 0.1) is 13.2 Å². The smallest absolute Gasteiger partial charge is 0.302 e. The Kier molecular flexibility index (Phi) is 6.61. The highest BCUT2D eigenvalue weighted by molar-refractivity contribution is 5.66. The Morgan fingerprint density at radius 1 is 1.24 bits per heavy atom. The zero-order valence-electron chi connectivity index (χ0n) is 16.9. The van der Waals surface area contributed by atoms with Gasteiger partial charge in [0.1, 0.15) is 17.3 Å². The van der Waals surface area contributed by atoms with Crippen LogP contribution >= 0.6 is 0 Å². The number of aryl methyl sites for hydroxylation is 1. The summed E-state index contributed by atoms with van der Waals surface area (Å²) >= 11 is 0. The van der Waals surface area contributed by atoms with E-state index in [-0.39, 0.29) is 29.0 Å². The van der Waals surface area contributed by atoms with Crippen LogP contribution in [0.2, 0.25) is 0 Å². The molecule has 0 saturated carbocycles. The Morgan fingerprint density at radius 3 is 2.62 bits per heavy atom. The van der Waals surface area contributed by atoms with Gasteiger partial charge in [-0.2, -0.15) is 4.98 Å². The van der Waals surface area contributed by atoms with Crippen molar-refractivity contribution >= 4 is 11.7 Å². The molecule has 1 saturated heterocycles. The number of ether oxygens (including phenoxy) is 2. The lowest BCUT2D eigenvalue weighted by atomic mass is 10.1. The minimum atomic E-state index is -0.649. The molecule has 3 rings (SSSR count). The van der Waals surface area contributed by atoms with E-state index in [4.69, 9.17) is 9.47 Å². The maximum Gasteiger partial charge on any atom is 0.302 e. The third kappa shape index (κ3) is 5.19. The molecule has 1 aliphatic heterocycles. The fourth-order valence-corrected chi connectivity index (χ4v) is 3.53. The van der Waals surface area contributed by atoms with Crippen LogP contribution in [0.3, 0.4) is 0 Å². The van der Waals surface area contributed by atoms with Crippen molar-refractivity contribution in [3.63, 3.8) is 0 Å². The van der Waals surface area contributed by atoms with Gasteiger partial charge < -0.3 is 14.4 Å². The van der Waals surface area contributed by atoms with E-state index in [1.54, 1.807) is 17.9 Å². The molecule has 0 aliphatic carbocycles. The maximum absolute atomic E-state index is 14.8. The van der Waals surface area contributed by atoms with Crippen molar-refractivity contribution in [3.05, 3.63) is 35.5 Å². The largest absolute Gasteiger partial charge is 0.478 e. The first-order chi connectivity index (χ1) is 13.9.